The number of amides is 2. The number of rotatable bonds is 1. The lowest BCUT2D eigenvalue weighted by Gasteiger charge is -2.04. The zero-order chi connectivity index (χ0) is 9.42. The molecule has 13 heavy (non-hydrogen) atoms. The van der Waals surface area contributed by atoms with Gasteiger partial charge in [0.15, 0.2) is 0 Å². The summed E-state index contributed by atoms with van der Waals surface area (Å²) in [6.07, 6.45) is 0. The minimum Gasteiger partial charge on any atom is -0.368 e. The number of nitrogens with one attached hydrogen (secondary N) is 1. The minimum absolute atomic E-state index is 0.237. The van der Waals surface area contributed by atoms with E-state index in [1.54, 1.807) is 24.3 Å². The number of carbonyl (C=O) groups excluding carboxylic acids is 2. The molecule has 1 aromatic rings. The summed E-state index contributed by atoms with van der Waals surface area (Å²) in [6, 6.07) is 6.26. The summed E-state index contributed by atoms with van der Waals surface area (Å²) in [6.45, 7) is 0. The largest absolute Gasteiger partial charge is 0.368 e. The predicted octanol–water partition coefficient (Wildman–Crippen LogP) is -0.0436. The maximum absolute atomic E-state index is 11.3. The number of fused-ring (bicyclic) bond motifs is 1. The van der Waals surface area contributed by atoms with Crippen molar-refractivity contribution in [1.29, 1.82) is 0 Å². The van der Waals surface area contributed by atoms with E-state index in [-0.39, 0.29) is 5.91 Å². The highest BCUT2D eigenvalue weighted by molar-refractivity contribution is 6.04. The molecule has 0 aromatic heterocycles. The number of carbonyl (C=O) groups is 2. The number of nitrogens with two attached hydrogens (primary N) is 1. The minimum atomic E-state index is -0.663. The first-order valence-electron chi connectivity index (χ1n) is 3.89. The van der Waals surface area contributed by atoms with Crippen LogP contribution in [0.15, 0.2) is 24.3 Å². The third-order valence-electron chi connectivity index (χ3n) is 2.08. The fourth-order valence-corrected chi connectivity index (χ4v) is 1.47. The van der Waals surface area contributed by atoms with Crippen LogP contribution in [0.5, 0.6) is 0 Å². The Bertz CT molecular complexity index is 387. The molecule has 1 atom stereocenters. The maximum Gasteiger partial charge on any atom is 0.252 e. The molecule has 0 radical (unpaired) electrons. The highest BCUT2D eigenvalue weighted by Gasteiger charge is 2.31. The first-order chi connectivity index (χ1) is 6.20. The van der Waals surface area contributed by atoms with Gasteiger partial charge in [-0.15, -0.1) is 0 Å². The summed E-state index contributed by atoms with van der Waals surface area (Å²) in [5.41, 5.74) is 6.32. The van der Waals surface area contributed by atoms with Gasteiger partial charge >= 0.3 is 0 Å². The molecule has 1 aliphatic rings. The van der Waals surface area contributed by atoms with Crippen LogP contribution in [0, 0.1) is 0 Å². The van der Waals surface area contributed by atoms with Crippen LogP contribution in [-0.2, 0) is 4.79 Å². The van der Waals surface area contributed by atoms with E-state index in [4.69, 9.17) is 5.73 Å². The molecule has 3 N–H and O–H groups in total. The molecule has 0 saturated heterocycles. The fraction of sp³-hybridized carbons (Fsp3) is 0.111. The monoisotopic (exact) mass is 176 g/mol. The van der Waals surface area contributed by atoms with Gasteiger partial charge in [-0.05, 0) is 11.6 Å². The topological polar surface area (TPSA) is 72.2 Å². The van der Waals surface area contributed by atoms with Crippen molar-refractivity contribution in [3.8, 4) is 0 Å². The standard InChI is InChI=1S/C9H8N2O2/c10-8(12)7-5-3-1-2-4-6(5)9(13)11-7/h1-4,7H,(H2,10,12)(H,11,13). The molecule has 0 fully saturated rings. The second kappa shape index (κ2) is 2.58. The summed E-state index contributed by atoms with van der Waals surface area (Å²) in [7, 11) is 0. The van der Waals surface area contributed by atoms with E-state index in [1.807, 2.05) is 0 Å². The highest BCUT2D eigenvalue weighted by Crippen LogP contribution is 2.24. The summed E-state index contributed by atoms with van der Waals surface area (Å²) < 4.78 is 0. The highest BCUT2D eigenvalue weighted by atomic mass is 16.2. The van der Waals surface area contributed by atoms with Gasteiger partial charge in [-0.25, -0.2) is 0 Å². The van der Waals surface area contributed by atoms with Crippen LogP contribution in [0.1, 0.15) is 22.0 Å². The van der Waals surface area contributed by atoms with Crippen LogP contribution in [0.4, 0.5) is 0 Å². The lowest BCUT2D eigenvalue weighted by atomic mass is 10.1. The van der Waals surface area contributed by atoms with Crippen molar-refractivity contribution in [2.75, 3.05) is 0 Å². The van der Waals surface area contributed by atoms with Gasteiger partial charge in [0.25, 0.3) is 5.91 Å². The quantitative estimate of drug-likeness (QED) is 0.630. The van der Waals surface area contributed by atoms with Gasteiger partial charge in [0.2, 0.25) is 5.91 Å². The van der Waals surface area contributed by atoms with E-state index in [9.17, 15) is 9.59 Å². The van der Waals surface area contributed by atoms with Crippen LogP contribution in [0.2, 0.25) is 0 Å². The number of hydrogen-bond acceptors (Lipinski definition) is 2. The molecule has 4 heteroatoms. The Hall–Kier alpha value is -1.84. The molecular weight excluding hydrogens is 168 g/mol. The summed E-state index contributed by atoms with van der Waals surface area (Å²) in [5.74, 6) is -0.766. The third kappa shape index (κ3) is 1.07. The van der Waals surface area contributed by atoms with Gasteiger partial charge in [-0.2, -0.15) is 0 Å². The van der Waals surface area contributed by atoms with E-state index in [1.165, 1.54) is 0 Å². The van der Waals surface area contributed by atoms with Crippen molar-refractivity contribution in [1.82, 2.24) is 5.32 Å². The Morgan fingerprint density at radius 1 is 1.38 bits per heavy atom. The van der Waals surface area contributed by atoms with Crippen LogP contribution in [-0.4, -0.2) is 11.8 Å². The zero-order valence-electron chi connectivity index (χ0n) is 6.78. The van der Waals surface area contributed by atoms with Crippen molar-refractivity contribution in [2.24, 2.45) is 5.73 Å². The van der Waals surface area contributed by atoms with Gasteiger partial charge in [-0.1, -0.05) is 18.2 Å². The Balaban J connectivity index is 2.53. The molecule has 0 spiro atoms. The van der Waals surface area contributed by atoms with Gasteiger partial charge in [0.05, 0.1) is 0 Å². The Kier molecular flexibility index (Phi) is 1.55. The molecule has 0 bridgehead atoms. The normalized spacial score (nSPS) is 19.4. The van der Waals surface area contributed by atoms with Gasteiger partial charge in [-0.3, -0.25) is 9.59 Å². The van der Waals surface area contributed by atoms with Gasteiger partial charge in [0, 0.05) is 5.56 Å². The Morgan fingerprint density at radius 2 is 2.08 bits per heavy atom. The molecule has 66 valence electrons. The predicted molar refractivity (Wildman–Crippen MR) is 45.8 cm³/mol. The zero-order valence-corrected chi connectivity index (χ0v) is 6.78. The number of benzene rings is 1. The number of hydrogen-bond donors (Lipinski definition) is 2. The van der Waals surface area contributed by atoms with Crippen molar-refractivity contribution < 1.29 is 9.59 Å². The van der Waals surface area contributed by atoms with Crippen molar-refractivity contribution in [3.05, 3.63) is 35.4 Å². The maximum atomic E-state index is 11.3. The third-order valence-corrected chi connectivity index (χ3v) is 2.08. The van der Waals surface area contributed by atoms with Crippen LogP contribution in [0.3, 0.4) is 0 Å². The average Bonchev–Trinajstić information content (AvgIpc) is 2.45. The van der Waals surface area contributed by atoms with E-state index >= 15 is 0 Å². The molecule has 1 heterocycles. The second-order valence-corrected chi connectivity index (χ2v) is 2.90. The van der Waals surface area contributed by atoms with Crippen molar-refractivity contribution >= 4 is 11.8 Å². The Morgan fingerprint density at radius 3 is 2.77 bits per heavy atom. The summed E-state index contributed by atoms with van der Waals surface area (Å²) >= 11 is 0. The van der Waals surface area contributed by atoms with E-state index < -0.39 is 11.9 Å². The van der Waals surface area contributed by atoms with Gasteiger partial charge < -0.3 is 11.1 Å². The lowest BCUT2D eigenvalue weighted by Crippen LogP contribution is -2.30. The molecule has 1 aromatic carbocycles. The first kappa shape index (κ1) is 7.79. The summed E-state index contributed by atoms with van der Waals surface area (Å²) in [4.78, 5) is 22.2. The molecule has 1 aliphatic heterocycles. The number of primary amides is 1. The average molecular weight is 176 g/mol. The smallest absolute Gasteiger partial charge is 0.252 e. The molecular formula is C9H8N2O2. The SMILES string of the molecule is NC(=O)C1NC(=O)c2ccccc21. The van der Waals surface area contributed by atoms with Crippen molar-refractivity contribution in [3.63, 3.8) is 0 Å². The molecule has 4 nitrogen and oxygen atoms in total. The molecule has 2 amide bonds. The van der Waals surface area contributed by atoms with E-state index in [0.29, 0.717) is 11.1 Å². The van der Waals surface area contributed by atoms with Crippen LogP contribution >= 0.6 is 0 Å². The van der Waals surface area contributed by atoms with Gasteiger partial charge in [0.1, 0.15) is 6.04 Å². The van der Waals surface area contributed by atoms with E-state index in [2.05, 4.69) is 5.32 Å². The molecule has 0 aliphatic carbocycles. The van der Waals surface area contributed by atoms with Crippen LogP contribution in [0.25, 0.3) is 0 Å². The first-order valence-corrected chi connectivity index (χ1v) is 3.89. The van der Waals surface area contributed by atoms with Crippen LogP contribution < -0.4 is 11.1 Å². The van der Waals surface area contributed by atoms with E-state index in [0.717, 1.165) is 0 Å². The molecule has 0 saturated carbocycles. The molecule has 1 unspecified atom stereocenters. The molecule has 2 rings (SSSR count). The second-order valence-electron chi connectivity index (χ2n) is 2.90. The Labute approximate surface area is 74.7 Å². The lowest BCUT2D eigenvalue weighted by molar-refractivity contribution is -0.119. The van der Waals surface area contributed by atoms with Crippen molar-refractivity contribution in [2.45, 2.75) is 6.04 Å². The fourth-order valence-electron chi connectivity index (χ4n) is 1.47. The summed E-state index contributed by atoms with van der Waals surface area (Å²) in [5, 5.41) is 2.51.